The van der Waals surface area contributed by atoms with E-state index < -0.39 is 6.17 Å². The fourth-order valence-electron chi connectivity index (χ4n) is 1.38. The van der Waals surface area contributed by atoms with Crippen LogP contribution in [0.5, 0.6) is 0 Å². The number of rotatable bonds is 1. The number of nitrogens with two attached hydrogens (primary N) is 1. The molecule has 0 aromatic carbocycles. The molecule has 2 atom stereocenters. The first-order valence-electron chi connectivity index (χ1n) is 4.27. The normalized spacial score (nSPS) is 30.4. The SMILES string of the molecule is CC1CCN(C(=O)CN)C[C@@H]1F. The molecule has 1 rings (SSSR count). The summed E-state index contributed by atoms with van der Waals surface area (Å²) in [6.07, 6.45) is -0.137. The summed E-state index contributed by atoms with van der Waals surface area (Å²) in [5.41, 5.74) is 5.17. The number of hydrogen-bond acceptors (Lipinski definition) is 2. The molecule has 0 aliphatic carbocycles. The van der Waals surface area contributed by atoms with E-state index >= 15 is 0 Å². The predicted molar refractivity (Wildman–Crippen MR) is 44.3 cm³/mol. The van der Waals surface area contributed by atoms with E-state index in [-0.39, 0.29) is 24.9 Å². The first kappa shape index (κ1) is 9.45. The standard InChI is InChI=1S/C8H15FN2O/c1-6-2-3-11(5-7(6)9)8(12)4-10/h6-7H,2-5,10H2,1H3/t6?,7-/m0/s1. The predicted octanol–water partition coefficient (Wildman–Crippen LogP) is 0.152. The largest absolute Gasteiger partial charge is 0.339 e. The first-order valence-corrected chi connectivity index (χ1v) is 4.27. The number of carbonyl (C=O) groups excluding carboxylic acids is 1. The third-order valence-corrected chi connectivity index (χ3v) is 2.39. The lowest BCUT2D eigenvalue weighted by Crippen LogP contribution is -2.46. The lowest BCUT2D eigenvalue weighted by atomic mass is 9.97. The monoisotopic (exact) mass is 174 g/mol. The van der Waals surface area contributed by atoms with Gasteiger partial charge in [0.1, 0.15) is 6.17 Å². The van der Waals surface area contributed by atoms with Gasteiger partial charge in [-0.05, 0) is 12.3 Å². The number of piperidine rings is 1. The summed E-state index contributed by atoms with van der Waals surface area (Å²) in [7, 11) is 0. The molecular weight excluding hydrogens is 159 g/mol. The number of likely N-dealkylation sites (tertiary alicyclic amines) is 1. The Morgan fingerprint density at radius 2 is 2.42 bits per heavy atom. The van der Waals surface area contributed by atoms with Crippen LogP contribution in [0.2, 0.25) is 0 Å². The van der Waals surface area contributed by atoms with Crippen LogP contribution in [-0.2, 0) is 4.79 Å². The highest BCUT2D eigenvalue weighted by Gasteiger charge is 2.27. The zero-order valence-electron chi connectivity index (χ0n) is 7.29. The third-order valence-electron chi connectivity index (χ3n) is 2.39. The molecule has 0 radical (unpaired) electrons. The Hall–Kier alpha value is -0.640. The van der Waals surface area contributed by atoms with E-state index in [4.69, 9.17) is 5.73 Å². The molecule has 0 aromatic rings. The molecule has 0 bridgehead atoms. The van der Waals surface area contributed by atoms with Crippen LogP contribution in [0.15, 0.2) is 0 Å². The zero-order chi connectivity index (χ0) is 9.14. The summed E-state index contributed by atoms with van der Waals surface area (Å²) in [4.78, 5) is 12.6. The number of hydrogen-bond donors (Lipinski definition) is 1. The van der Waals surface area contributed by atoms with Crippen molar-refractivity contribution in [3.05, 3.63) is 0 Å². The van der Waals surface area contributed by atoms with Crippen molar-refractivity contribution in [2.75, 3.05) is 19.6 Å². The van der Waals surface area contributed by atoms with Gasteiger partial charge in [0.05, 0.1) is 13.1 Å². The summed E-state index contributed by atoms with van der Waals surface area (Å²) in [5.74, 6) is -0.0728. The number of amides is 1. The van der Waals surface area contributed by atoms with Crippen molar-refractivity contribution >= 4 is 5.91 Å². The molecule has 0 aromatic heterocycles. The van der Waals surface area contributed by atoms with Gasteiger partial charge in [-0.25, -0.2) is 4.39 Å². The fraction of sp³-hybridized carbons (Fsp3) is 0.875. The Labute approximate surface area is 71.7 Å². The van der Waals surface area contributed by atoms with E-state index in [1.54, 1.807) is 0 Å². The van der Waals surface area contributed by atoms with Crippen LogP contribution in [-0.4, -0.2) is 36.6 Å². The van der Waals surface area contributed by atoms with E-state index in [1.165, 1.54) is 4.90 Å². The Bertz CT molecular complexity index is 174. The summed E-state index contributed by atoms with van der Waals surface area (Å²) >= 11 is 0. The van der Waals surface area contributed by atoms with Crippen molar-refractivity contribution in [2.45, 2.75) is 19.5 Å². The Morgan fingerprint density at radius 1 is 1.75 bits per heavy atom. The fourth-order valence-corrected chi connectivity index (χ4v) is 1.38. The van der Waals surface area contributed by atoms with E-state index in [0.29, 0.717) is 6.54 Å². The van der Waals surface area contributed by atoms with E-state index in [2.05, 4.69) is 0 Å². The molecule has 0 saturated carbocycles. The molecule has 1 saturated heterocycles. The highest BCUT2D eigenvalue weighted by Crippen LogP contribution is 2.19. The van der Waals surface area contributed by atoms with Gasteiger partial charge < -0.3 is 10.6 Å². The van der Waals surface area contributed by atoms with Gasteiger partial charge in [-0.3, -0.25) is 4.79 Å². The average Bonchev–Trinajstić information content (AvgIpc) is 2.08. The molecule has 3 nitrogen and oxygen atoms in total. The zero-order valence-corrected chi connectivity index (χ0v) is 7.29. The van der Waals surface area contributed by atoms with Gasteiger partial charge in [0.2, 0.25) is 5.91 Å². The molecular formula is C8H15FN2O. The highest BCUT2D eigenvalue weighted by atomic mass is 19.1. The lowest BCUT2D eigenvalue weighted by Gasteiger charge is -2.32. The number of nitrogens with zero attached hydrogens (tertiary/aromatic N) is 1. The Balaban J connectivity index is 2.45. The van der Waals surface area contributed by atoms with Gasteiger partial charge >= 0.3 is 0 Å². The van der Waals surface area contributed by atoms with Crippen molar-refractivity contribution in [1.82, 2.24) is 4.90 Å². The minimum Gasteiger partial charge on any atom is -0.339 e. The highest BCUT2D eigenvalue weighted by molar-refractivity contribution is 5.78. The molecule has 4 heteroatoms. The summed E-state index contributed by atoms with van der Waals surface area (Å²) < 4.78 is 13.1. The molecule has 1 unspecified atom stereocenters. The summed E-state index contributed by atoms with van der Waals surface area (Å²) in [6.45, 7) is 2.73. The quantitative estimate of drug-likeness (QED) is 0.615. The second-order valence-corrected chi connectivity index (χ2v) is 3.33. The number of carbonyl (C=O) groups is 1. The van der Waals surface area contributed by atoms with Crippen LogP contribution in [0.1, 0.15) is 13.3 Å². The van der Waals surface area contributed by atoms with Crippen molar-refractivity contribution in [1.29, 1.82) is 0 Å². The van der Waals surface area contributed by atoms with Crippen molar-refractivity contribution < 1.29 is 9.18 Å². The maximum Gasteiger partial charge on any atom is 0.236 e. The molecule has 1 heterocycles. The summed E-state index contributed by atoms with van der Waals surface area (Å²) in [5, 5.41) is 0. The molecule has 1 aliphatic rings. The van der Waals surface area contributed by atoms with Crippen LogP contribution in [0.4, 0.5) is 4.39 Å². The van der Waals surface area contributed by atoms with Crippen LogP contribution in [0, 0.1) is 5.92 Å². The maximum absolute atomic E-state index is 13.1. The lowest BCUT2D eigenvalue weighted by molar-refractivity contribution is -0.132. The summed E-state index contributed by atoms with van der Waals surface area (Å²) in [6, 6.07) is 0. The van der Waals surface area contributed by atoms with Gasteiger partial charge in [0.15, 0.2) is 0 Å². The molecule has 12 heavy (non-hydrogen) atoms. The Kier molecular flexibility index (Phi) is 3.03. The third kappa shape index (κ3) is 1.94. The van der Waals surface area contributed by atoms with Crippen LogP contribution in [0.3, 0.4) is 0 Å². The molecule has 1 aliphatic heterocycles. The van der Waals surface area contributed by atoms with Gasteiger partial charge in [-0.15, -0.1) is 0 Å². The Morgan fingerprint density at radius 3 is 2.92 bits per heavy atom. The maximum atomic E-state index is 13.1. The second-order valence-electron chi connectivity index (χ2n) is 3.33. The van der Waals surface area contributed by atoms with Crippen molar-refractivity contribution in [2.24, 2.45) is 11.7 Å². The van der Waals surface area contributed by atoms with Crippen molar-refractivity contribution in [3.63, 3.8) is 0 Å². The number of alkyl halides is 1. The number of halogens is 1. The molecule has 1 amide bonds. The second kappa shape index (κ2) is 3.85. The van der Waals surface area contributed by atoms with E-state index in [1.807, 2.05) is 6.92 Å². The topological polar surface area (TPSA) is 46.3 Å². The van der Waals surface area contributed by atoms with Gasteiger partial charge in [0.25, 0.3) is 0 Å². The first-order chi connectivity index (χ1) is 5.65. The van der Waals surface area contributed by atoms with Gasteiger partial charge in [-0.2, -0.15) is 0 Å². The smallest absolute Gasteiger partial charge is 0.236 e. The van der Waals surface area contributed by atoms with Crippen LogP contribution in [0.25, 0.3) is 0 Å². The van der Waals surface area contributed by atoms with E-state index in [0.717, 1.165) is 6.42 Å². The minimum atomic E-state index is -0.880. The van der Waals surface area contributed by atoms with Crippen LogP contribution < -0.4 is 5.73 Å². The van der Waals surface area contributed by atoms with Crippen LogP contribution >= 0.6 is 0 Å². The van der Waals surface area contributed by atoms with Gasteiger partial charge in [-0.1, -0.05) is 6.92 Å². The molecule has 1 fully saturated rings. The van der Waals surface area contributed by atoms with Crippen molar-refractivity contribution in [3.8, 4) is 0 Å². The average molecular weight is 174 g/mol. The molecule has 70 valence electrons. The molecule has 2 N–H and O–H groups in total. The molecule has 0 spiro atoms. The van der Waals surface area contributed by atoms with E-state index in [9.17, 15) is 9.18 Å². The van der Waals surface area contributed by atoms with Gasteiger partial charge in [0, 0.05) is 6.54 Å². The minimum absolute atomic E-state index is 0.0128.